The molecule has 1 fully saturated rings. The van der Waals surface area contributed by atoms with Crippen LogP contribution in [0.15, 0.2) is 55.2 Å². The summed E-state index contributed by atoms with van der Waals surface area (Å²) < 4.78 is 0. The Morgan fingerprint density at radius 1 is 1.03 bits per heavy atom. The number of aromatic nitrogens is 4. The third-order valence-corrected chi connectivity index (χ3v) is 5.56. The third-order valence-electron chi connectivity index (χ3n) is 5.56. The maximum absolute atomic E-state index is 12.4. The SMILES string of the molecule is CC(C)[C@H]1CCC(=O)N1c1ccnc(N[C@@H](C)c2ccc(-c3cncnc3)cc2)n1. The summed E-state index contributed by atoms with van der Waals surface area (Å²) in [6.07, 6.45) is 8.28. The van der Waals surface area contributed by atoms with Gasteiger partial charge in [-0.2, -0.15) is 4.98 Å². The van der Waals surface area contributed by atoms with Gasteiger partial charge in [-0.1, -0.05) is 38.1 Å². The molecular formula is C23H26N6O. The second-order valence-electron chi connectivity index (χ2n) is 7.97. The van der Waals surface area contributed by atoms with Crippen molar-refractivity contribution in [2.45, 2.75) is 45.7 Å². The summed E-state index contributed by atoms with van der Waals surface area (Å²) in [6, 6.07) is 10.3. The molecule has 2 aromatic heterocycles. The Bertz CT molecular complexity index is 1010. The Morgan fingerprint density at radius 2 is 1.77 bits per heavy atom. The molecule has 3 aromatic rings. The number of benzene rings is 1. The molecule has 7 heteroatoms. The predicted octanol–water partition coefficient (Wildman–Crippen LogP) is 4.26. The highest BCUT2D eigenvalue weighted by molar-refractivity contribution is 5.95. The zero-order chi connectivity index (χ0) is 21.1. The molecule has 2 atom stereocenters. The Balaban J connectivity index is 1.49. The molecule has 4 rings (SSSR count). The van der Waals surface area contributed by atoms with Crippen molar-refractivity contribution in [3.05, 3.63) is 60.8 Å². The van der Waals surface area contributed by atoms with Crippen molar-refractivity contribution in [2.24, 2.45) is 5.92 Å². The van der Waals surface area contributed by atoms with E-state index in [0.29, 0.717) is 24.1 Å². The van der Waals surface area contributed by atoms with Crippen LogP contribution in [-0.2, 0) is 4.79 Å². The van der Waals surface area contributed by atoms with Gasteiger partial charge in [0.05, 0.1) is 6.04 Å². The van der Waals surface area contributed by atoms with Gasteiger partial charge in [0.15, 0.2) is 0 Å². The number of nitrogens with one attached hydrogen (secondary N) is 1. The van der Waals surface area contributed by atoms with Crippen LogP contribution in [0.5, 0.6) is 0 Å². The Morgan fingerprint density at radius 3 is 2.47 bits per heavy atom. The molecule has 154 valence electrons. The molecule has 7 nitrogen and oxygen atoms in total. The smallest absolute Gasteiger partial charge is 0.228 e. The van der Waals surface area contributed by atoms with Gasteiger partial charge < -0.3 is 5.32 Å². The number of hydrogen-bond acceptors (Lipinski definition) is 6. The minimum atomic E-state index is 0.0106. The standard InChI is InChI=1S/C23H26N6O/c1-15(2)20-8-9-22(30)29(20)21-10-11-26-23(28-21)27-16(3)17-4-6-18(7-5-17)19-12-24-14-25-13-19/h4-7,10-16,20H,8-9H2,1-3H3,(H,26,27,28)/t16-,20+/m0/s1. The van der Waals surface area contributed by atoms with Crippen LogP contribution in [-0.4, -0.2) is 31.9 Å². The van der Waals surface area contributed by atoms with Gasteiger partial charge in [-0.05, 0) is 36.5 Å². The summed E-state index contributed by atoms with van der Waals surface area (Å²) in [5, 5.41) is 3.36. The normalized spacial score (nSPS) is 17.4. The first-order chi connectivity index (χ1) is 14.5. The molecule has 0 aliphatic carbocycles. The largest absolute Gasteiger partial charge is 0.348 e. The summed E-state index contributed by atoms with van der Waals surface area (Å²) in [6.45, 7) is 6.35. The van der Waals surface area contributed by atoms with Gasteiger partial charge in [-0.15, -0.1) is 0 Å². The molecule has 1 aliphatic rings. The van der Waals surface area contributed by atoms with Gasteiger partial charge in [0, 0.05) is 36.6 Å². The highest BCUT2D eigenvalue weighted by Gasteiger charge is 2.35. The lowest BCUT2D eigenvalue weighted by Crippen LogP contribution is -2.37. The quantitative estimate of drug-likeness (QED) is 0.663. The van der Waals surface area contributed by atoms with Crippen LogP contribution < -0.4 is 10.2 Å². The van der Waals surface area contributed by atoms with E-state index in [2.05, 4.69) is 70.3 Å². The minimum Gasteiger partial charge on any atom is -0.348 e. The molecule has 3 heterocycles. The number of carbonyl (C=O) groups is 1. The lowest BCUT2D eigenvalue weighted by Gasteiger charge is -2.27. The van der Waals surface area contributed by atoms with E-state index >= 15 is 0 Å². The van der Waals surface area contributed by atoms with Crippen LogP contribution in [0, 0.1) is 5.92 Å². The maximum Gasteiger partial charge on any atom is 0.228 e. The first kappa shape index (κ1) is 19.9. The van der Waals surface area contributed by atoms with E-state index < -0.39 is 0 Å². The fraction of sp³-hybridized carbons (Fsp3) is 0.348. The summed E-state index contributed by atoms with van der Waals surface area (Å²) in [5.74, 6) is 1.70. The molecule has 1 aliphatic heterocycles. The molecule has 30 heavy (non-hydrogen) atoms. The Kier molecular flexibility index (Phi) is 5.70. The first-order valence-corrected chi connectivity index (χ1v) is 10.3. The molecule has 0 bridgehead atoms. The molecular weight excluding hydrogens is 376 g/mol. The third kappa shape index (κ3) is 4.15. The summed E-state index contributed by atoms with van der Waals surface area (Å²) in [4.78, 5) is 31.4. The lowest BCUT2D eigenvalue weighted by atomic mass is 10.0. The van der Waals surface area contributed by atoms with Crippen LogP contribution in [0.3, 0.4) is 0 Å². The molecule has 1 aromatic carbocycles. The highest BCUT2D eigenvalue weighted by atomic mass is 16.2. The fourth-order valence-electron chi connectivity index (χ4n) is 3.88. The van der Waals surface area contributed by atoms with E-state index in [9.17, 15) is 4.79 Å². The van der Waals surface area contributed by atoms with Crippen molar-refractivity contribution < 1.29 is 4.79 Å². The van der Waals surface area contributed by atoms with Gasteiger partial charge in [0.2, 0.25) is 11.9 Å². The van der Waals surface area contributed by atoms with Crippen LogP contribution in [0.2, 0.25) is 0 Å². The van der Waals surface area contributed by atoms with Crippen molar-refractivity contribution in [2.75, 3.05) is 10.2 Å². The molecule has 1 saturated heterocycles. The van der Waals surface area contributed by atoms with E-state index in [-0.39, 0.29) is 18.0 Å². The second-order valence-corrected chi connectivity index (χ2v) is 7.97. The number of anilines is 2. The van der Waals surface area contributed by atoms with Crippen LogP contribution in [0.25, 0.3) is 11.1 Å². The molecule has 0 spiro atoms. The Hall–Kier alpha value is -3.35. The number of hydrogen-bond donors (Lipinski definition) is 1. The zero-order valence-electron chi connectivity index (χ0n) is 17.5. The van der Waals surface area contributed by atoms with Crippen molar-refractivity contribution in [3.8, 4) is 11.1 Å². The lowest BCUT2D eigenvalue weighted by molar-refractivity contribution is -0.117. The molecule has 0 radical (unpaired) electrons. The average Bonchev–Trinajstić information content (AvgIpc) is 3.16. The molecule has 1 amide bonds. The van der Waals surface area contributed by atoms with E-state index in [4.69, 9.17) is 0 Å². The number of rotatable bonds is 6. The second kappa shape index (κ2) is 8.57. The van der Waals surface area contributed by atoms with Gasteiger partial charge in [-0.25, -0.2) is 15.0 Å². The van der Waals surface area contributed by atoms with Gasteiger partial charge in [-0.3, -0.25) is 9.69 Å². The number of carbonyl (C=O) groups excluding carboxylic acids is 1. The van der Waals surface area contributed by atoms with Crippen molar-refractivity contribution in [1.29, 1.82) is 0 Å². The van der Waals surface area contributed by atoms with E-state index in [1.165, 1.54) is 6.33 Å². The van der Waals surface area contributed by atoms with Gasteiger partial charge in [0.1, 0.15) is 12.1 Å². The van der Waals surface area contributed by atoms with E-state index in [0.717, 1.165) is 23.1 Å². The fourth-order valence-corrected chi connectivity index (χ4v) is 3.88. The Labute approximate surface area is 176 Å². The minimum absolute atomic E-state index is 0.0106. The van der Waals surface area contributed by atoms with Gasteiger partial charge >= 0.3 is 0 Å². The maximum atomic E-state index is 12.4. The van der Waals surface area contributed by atoms with Crippen molar-refractivity contribution in [3.63, 3.8) is 0 Å². The van der Waals surface area contributed by atoms with Crippen LogP contribution in [0.4, 0.5) is 11.8 Å². The van der Waals surface area contributed by atoms with E-state index in [1.807, 2.05) is 11.0 Å². The van der Waals surface area contributed by atoms with Crippen molar-refractivity contribution >= 4 is 17.7 Å². The number of amides is 1. The predicted molar refractivity (Wildman–Crippen MR) is 117 cm³/mol. The van der Waals surface area contributed by atoms with Gasteiger partial charge in [0.25, 0.3) is 0 Å². The summed E-state index contributed by atoms with van der Waals surface area (Å²) in [7, 11) is 0. The molecule has 0 saturated carbocycles. The monoisotopic (exact) mass is 402 g/mol. The van der Waals surface area contributed by atoms with Crippen LogP contribution >= 0.6 is 0 Å². The highest BCUT2D eigenvalue weighted by Crippen LogP contribution is 2.30. The molecule has 0 unspecified atom stereocenters. The summed E-state index contributed by atoms with van der Waals surface area (Å²) >= 11 is 0. The zero-order valence-corrected chi connectivity index (χ0v) is 17.5. The molecule has 1 N–H and O–H groups in total. The first-order valence-electron chi connectivity index (χ1n) is 10.3. The van der Waals surface area contributed by atoms with Crippen LogP contribution in [0.1, 0.15) is 45.2 Å². The van der Waals surface area contributed by atoms with Crippen molar-refractivity contribution in [1.82, 2.24) is 19.9 Å². The van der Waals surface area contributed by atoms with E-state index in [1.54, 1.807) is 18.6 Å². The average molecular weight is 403 g/mol. The summed E-state index contributed by atoms with van der Waals surface area (Å²) in [5.41, 5.74) is 3.16. The topological polar surface area (TPSA) is 83.9 Å². The number of nitrogens with zero attached hydrogens (tertiary/aromatic N) is 5.